The lowest BCUT2D eigenvalue weighted by Gasteiger charge is -2.37. The highest BCUT2D eigenvalue weighted by molar-refractivity contribution is 7.92. The molecule has 264 valence electrons. The molecule has 8 heteroatoms. The van der Waals surface area contributed by atoms with Crippen molar-refractivity contribution < 1.29 is 18.3 Å². The number of aryl methyl sites for hydroxylation is 2. The number of carbonyl (C=O) groups is 1. The quantitative estimate of drug-likeness (QED) is 0.0863. The molecule has 0 radical (unpaired) electrons. The molecule has 0 aliphatic rings. The standard InChI is InChI=1S/C44H41ClN2O4S/c1-4-5-15-32-28-40(47-52(50,51)37-25-22-30(2)23-26-37)31(3)41(42(32)48)43(49)46-39-27-24-36(29-38(39)45)44(33-16-9-6-10-17-33,34-18-11-7-12-19-34)35-20-13-8-14-21-35/h6-14,16-29,47-48H,4-5,15H2,1-3H3,(H,46,49). The van der Waals surface area contributed by atoms with E-state index in [0.717, 1.165) is 40.7 Å². The van der Waals surface area contributed by atoms with Crippen LogP contribution in [-0.2, 0) is 21.9 Å². The third-order valence-electron chi connectivity index (χ3n) is 9.51. The number of halogens is 1. The number of amides is 1. The van der Waals surface area contributed by atoms with Crippen molar-refractivity contribution >= 4 is 38.9 Å². The zero-order valence-electron chi connectivity index (χ0n) is 29.4. The molecule has 0 fully saturated rings. The first-order valence-corrected chi connectivity index (χ1v) is 19.1. The molecule has 6 aromatic carbocycles. The van der Waals surface area contributed by atoms with Crippen LogP contribution in [-0.4, -0.2) is 19.4 Å². The first-order chi connectivity index (χ1) is 25.1. The van der Waals surface area contributed by atoms with Gasteiger partial charge in [-0.1, -0.05) is 140 Å². The van der Waals surface area contributed by atoms with Crippen molar-refractivity contribution in [1.82, 2.24) is 0 Å². The molecule has 0 aromatic heterocycles. The van der Waals surface area contributed by atoms with Gasteiger partial charge in [-0.05, 0) is 90.4 Å². The maximum atomic E-state index is 14.1. The number of nitrogens with one attached hydrogen (secondary N) is 2. The third-order valence-corrected chi connectivity index (χ3v) is 11.2. The fourth-order valence-electron chi connectivity index (χ4n) is 6.79. The highest BCUT2D eigenvalue weighted by Gasteiger charge is 2.38. The van der Waals surface area contributed by atoms with Gasteiger partial charge in [-0.3, -0.25) is 9.52 Å². The Morgan fingerprint density at radius 1 is 0.712 bits per heavy atom. The lowest BCUT2D eigenvalue weighted by Crippen LogP contribution is -2.31. The van der Waals surface area contributed by atoms with Gasteiger partial charge < -0.3 is 10.4 Å². The predicted octanol–water partition coefficient (Wildman–Crippen LogP) is 10.4. The van der Waals surface area contributed by atoms with Gasteiger partial charge in [-0.2, -0.15) is 0 Å². The van der Waals surface area contributed by atoms with Crippen molar-refractivity contribution in [3.8, 4) is 5.75 Å². The average Bonchev–Trinajstić information content (AvgIpc) is 3.15. The number of hydrogen-bond donors (Lipinski definition) is 3. The van der Waals surface area contributed by atoms with E-state index < -0.39 is 21.3 Å². The highest BCUT2D eigenvalue weighted by atomic mass is 35.5. The van der Waals surface area contributed by atoms with E-state index >= 15 is 0 Å². The topological polar surface area (TPSA) is 95.5 Å². The molecule has 0 aliphatic heterocycles. The van der Waals surface area contributed by atoms with Gasteiger partial charge in [0.15, 0.2) is 0 Å². The number of anilines is 2. The normalized spacial score (nSPS) is 11.6. The van der Waals surface area contributed by atoms with Crippen molar-refractivity contribution in [1.29, 1.82) is 0 Å². The molecule has 0 saturated carbocycles. The van der Waals surface area contributed by atoms with Crippen LogP contribution in [0.4, 0.5) is 11.4 Å². The van der Waals surface area contributed by atoms with E-state index in [1.54, 1.807) is 31.2 Å². The summed E-state index contributed by atoms with van der Waals surface area (Å²) in [6.07, 6.45) is 2.04. The van der Waals surface area contributed by atoms with E-state index in [-0.39, 0.29) is 27.5 Å². The second-order valence-corrected chi connectivity index (χ2v) is 15.0. The Morgan fingerprint density at radius 3 is 1.75 bits per heavy atom. The molecule has 6 nitrogen and oxygen atoms in total. The molecule has 0 aliphatic carbocycles. The second kappa shape index (κ2) is 15.5. The minimum Gasteiger partial charge on any atom is -0.507 e. The third kappa shape index (κ3) is 7.20. The molecular weight excluding hydrogens is 688 g/mol. The van der Waals surface area contributed by atoms with E-state index in [9.17, 15) is 18.3 Å². The first-order valence-electron chi connectivity index (χ1n) is 17.3. The van der Waals surface area contributed by atoms with E-state index in [1.807, 2.05) is 80.6 Å². The summed E-state index contributed by atoms with van der Waals surface area (Å²) < 4.78 is 29.5. The van der Waals surface area contributed by atoms with Gasteiger partial charge in [0.05, 0.1) is 32.3 Å². The minimum atomic E-state index is -3.98. The van der Waals surface area contributed by atoms with Gasteiger partial charge >= 0.3 is 0 Å². The van der Waals surface area contributed by atoms with Gasteiger partial charge in [-0.15, -0.1) is 0 Å². The Balaban J connectivity index is 1.42. The van der Waals surface area contributed by atoms with Crippen LogP contribution in [0.15, 0.2) is 144 Å². The van der Waals surface area contributed by atoms with Gasteiger partial charge in [-0.25, -0.2) is 8.42 Å². The van der Waals surface area contributed by atoms with Gasteiger partial charge in [0, 0.05) is 0 Å². The lowest BCUT2D eigenvalue weighted by atomic mass is 9.65. The summed E-state index contributed by atoms with van der Waals surface area (Å²) in [7, 11) is -3.98. The smallest absolute Gasteiger partial charge is 0.261 e. The maximum Gasteiger partial charge on any atom is 0.261 e. The molecule has 0 heterocycles. The average molecular weight is 729 g/mol. The largest absolute Gasteiger partial charge is 0.507 e. The van der Waals surface area contributed by atoms with Crippen LogP contribution in [0, 0.1) is 13.8 Å². The predicted molar refractivity (Wildman–Crippen MR) is 211 cm³/mol. The van der Waals surface area contributed by atoms with Gasteiger partial charge in [0.25, 0.3) is 15.9 Å². The molecule has 0 unspecified atom stereocenters. The molecule has 1 amide bonds. The molecule has 6 rings (SSSR count). The number of benzene rings is 6. The fourth-order valence-corrected chi connectivity index (χ4v) is 8.13. The monoisotopic (exact) mass is 728 g/mol. The SMILES string of the molecule is CCCCc1cc(NS(=O)(=O)c2ccc(C)cc2)c(C)c(C(=O)Nc2ccc(C(c3ccccc3)(c3ccccc3)c3ccccc3)cc2Cl)c1O. The van der Waals surface area contributed by atoms with Crippen molar-refractivity contribution in [3.63, 3.8) is 0 Å². The summed E-state index contributed by atoms with van der Waals surface area (Å²) in [5.74, 6) is -0.801. The summed E-state index contributed by atoms with van der Waals surface area (Å²) >= 11 is 7.04. The van der Waals surface area contributed by atoms with E-state index in [1.165, 1.54) is 12.1 Å². The summed E-state index contributed by atoms with van der Waals surface area (Å²) in [6.45, 7) is 5.52. The van der Waals surface area contributed by atoms with E-state index in [4.69, 9.17) is 11.6 Å². The van der Waals surface area contributed by atoms with Crippen LogP contribution in [0.5, 0.6) is 5.75 Å². The number of carbonyl (C=O) groups excluding carboxylic acids is 1. The van der Waals surface area contributed by atoms with E-state index in [0.29, 0.717) is 22.7 Å². The number of unbranched alkanes of at least 4 members (excludes halogenated alkanes) is 1. The zero-order chi connectivity index (χ0) is 36.9. The Bertz CT molecular complexity index is 2200. The van der Waals surface area contributed by atoms with Crippen molar-refractivity contribution in [2.45, 2.75) is 50.3 Å². The Labute approximate surface area is 311 Å². The van der Waals surface area contributed by atoms with E-state index in [2.05, 4.69) is 46.4 Å². The molecule has 52 heavy (non-hydrogen) atoms. The molecule has 3 N–H and O–H groups in total. The molecule has 6 aromatic rings. The van der Waals surface area contributed by atoms with Crippen LogP contribution < -0.4 is 10.0 Å². The van der Waals surface area contributed by atoms with Crippen LogP contribution in [0.25, 0.3) is 0 Å². The van der Waals surface area contributed by atoms with Crippen LogP contribution in [0.2, 0.25) is 5.02 Å². The lowest BCUT2D eigenvalue weighted by molar-refractivity contribution is 0.102. The summed E-state index contributed by atoms with van der Waals surface area (Å²) in [4.78, 5) is 14.2. The van der Waals surface area contributed by atoms with Crippen LogP contribution >= 0.6 is 11.6 Å². The summed E-state index contributed by atoms with van der Waals surface area (Å²) in [5.41, 5.74) is 5.53. The summed E-state index contributed by atoms with van der Waals surface area (Å²) in [6, 6.07) is 44.4. The molecule has 0 atom stereocenters. The zero-order valence-corrected chi connectivity index (χ0v) is 30.9. The minimum absolute atomic E-state index is 0.0254. The van der Waals surface area contributed by atoms with Crippen LogP contribution in [0.1, 0.15) is 69.1 Å². The van der Waals surface area contributed by atoms with Crippen molar-refractivity contribution in [2.24, 2.45) is 0 Å². The maximum absolute atomic E-state index is 14.1. The molecule has 0 spiro atoms. The number of phenols is 1. The Kier molecular flexibility index (Phi) is 10.8. The first kappa shape index (κ1) is 36.4. The molecule has 0 bridgehead atoms. The number of phenolic OH excluding ortho intramolecular Hbond substituents is 1. The van der Waals surface area contributed by atoms with Crippen molar-refractivity contribution in [3.05, 3.63) is 189 Å². The Morgan fingerprint density at radius 2 is 1.25 bits per heavy atom. The van der Waals surface area contributed by atoms with Gasteiger partial charge in [0.1, 0.15) is 5.75 Å². The molecular formula is C44H41ClN2O4S. The Hall–Kier alpha value is -5.37. The number of aromatic hydroxyl groups is 1. The van der Waals surface area contributed by atoms with Crippen LogP contribution in [0.3, 0.4) is 0 Å². The second-order valence-electron chi connectivity index (χ2n) is 13.0. The van der Waals surface area contributed by atoms with Crippen molar-refractivity contribution in [2.75, 3.05) is 10.0 Å². The fraction of sp³-hybridized carbons (Fsp3) is 0.159. The van der Waals surface area contributed by atoms with Gasteiger partial charge in [0.2, 0.25) is 0 Å². The number of hydrogen-bond acceptors (Lipinski definition) is 4. The molecule has 0 saturated heterocycles. The number of rotatable bonds is 12. The summed E-state index contributed by atoms with van der Waals surface area (Å²) in [5, 5.41) is 14.7. The highest BCUT2D eigenvalue weighted by Crippen LogP contribution is 2.46. The number of sulfonamides is 1.